The molecule has 1 aliphatic rings. The molecule has 0 unspecified atom stereocenters. The number of aliphatic hydroxyl groups is 2. The van der Waals surface area contributed by atoms with E-state index in [0.29, 0.717) is 5.57 Å². The molecule has 1 aliphatic carbocycles. The van der Waals surface area contributed by atoms with Crippen LogP contribution in [0.15, 0.2) is 46.9 Å². The second-order valence-corrected chi connectivity index (χ2v) is 7.23. The third kappa shape index (κ3) is 3.56. The van der Waals surface area contributed by atoms with E-state index in [0.717, 1.165) is 10.6 Å². The van der Waals surface area contributed by atoms with E-state index in [2.05, 4.69) is 9.97 Å². The van der Waals surface area contributed by atoms with Gasteiger partial charge in [0.2, 0.25) is 0 Å². The van der Waals surface area contributed by atoms with E-state index in [1.165, 1.54) is 30.5 Å². The van der Waals surface area contributed by atoms with E-state index in [1.54, 1.807) is 0 Å². The minimum atomic E-state index is -1.29. The molecule has 3 aromatic rings. The van der Waals surface area contributed by atoms with Crippen LogP contribution in [0.25, 0.3) is 10.9 Å². The molecule has 0 bridgehead atoms. The topological polar surface area (TPSA) is 150 Å². The molecule has 0 aliphatic heterocycles. The van der Waals surface area contributed by atoms with Crippen molar-refractivity contribution in [2.24, 2.45) is 0 Å². The van der Waals surface area contributed by atoms with Gasteiger partial charge in [0.1, 0.15) is 42.0 Å². The van der Waals surface area contributed by atoms with Crippen molar-refractivity contribution < 1.29 is 19.3 Å². The Kier molecular flexibility index (Phi) is 5.06. The maximum atomic E-state index is 14.4. The van der Waals surface area contributed by atoms with Crippen molar-refractivity contribution in [1.29, 1.82) is 0 Å². The van der Waals surface area contributed by atoms with E-state index in [4.69, 9.17) is 27.8 Å². The molecule has 11 heteroatoms. The number of nitrogens with zero attached hydrogens (tertiary/aromatic N) is 3. The Hall–Kier alpha value is -3.21. The first-order valence-electron chi connectivity index (χ1n) is 8.84. The molecule has 6 N–H and O–H groups in total. The fourth-order valence-electron chi connectivity index (χ4n) is 3.30. The van der Waals surface area contributed by atoms with E-state index in [9.17, 15) is 19.4 Å². The Morgan fingerprint density at radius 3 is 2.73 bits per heavy atom. The van der Waals surface area contributed by atoms with Crippen molar-refractivity contribution in [3.8, 4) is 5.75 Å². The summed E-state index contributed by atoms with van der Waals surface area (Å²) in [4.78, 5) is 19.7. The van der Waals surface area contributed by atoms with Gasteiger partial charge >= 0.3 is 5.69 Å². The molecule has 9 nitrogen and oxygen atoms in total. The number of anilines is 2. The number of fused-ring (bicyclic) bond motifs is 1. The summed E-state index contributed by atoms with van der Waals surface area (Å²) in [6, 6.07) is 4.57. The molecule has 0 saturated carbocycles. The van der Waals surface area contributed by atoms with Gasteiger partial charge in [0, 0.05) is 23.7 Å². The smallest absolute Gasteiger partial charge is 0.350 e. The van der Waals surface area contributed by atoms with E-state index < -0.39 is 29.8 Å². The molecule has 2 aromatic heterocycles. The number of nitrogens with two attached hydrogens (primary N) is 2. The lowest BCUT2D eigenvalue weighted by Gasteiger charge is -2.19. The van der Waals surface area contributed by atoms with Crippen molar-refractivity contribution >= 4 is 34.1 Å². The SMILES string of the molecule is Nc1ccn([C@@H]2C=C(COc3cc(F)c4cc(Cl)c(N)nc4c3)[C@@H](O)[C@H]2O)c(=O)n1. The van der Waals surface area contributed by atoms with Crippen LogP contribution in [0.4, 0.5) is 16.0 Å². The second kappa shape index (κ2) is 7.56. The Labute approximate surface area is 174 Å². The van der Waals surface area contributed by atoms with Crippen molar-refractivity contribution in [2.45, 2.75) is 18.2 Å². The van der Waals surface area contributed by atoms with Crippen LogP contribution in [0.5, 0.6) is 5.75 Å². The lowest BCUT2D eigenvalue weighted by molar-refractivity contribution is 0.0278. The van der Waals surface area contributed by atoms with Gasteiger partial charge in [0.15, 0.2) is 0 Å². The van der Waals surface area contributed by atoms with Crippen LogP contribution in [-0.4, -0.2) is 43.6 Å². The highest BCUT2D eigenvalue weighted by Gasteiger charge is 2.36. The standard InChI is InChI=1S/C19H17ClFN5O4/c20-11-6-10-12(21)4-9(5-13(10)24-18(11)23)30-7-8-3-14(17(28)16(8)27)26-2-1-15(22)25-19(26)29/h1-6,14,16-17,27-28H,7H2,(H2,23,24)(H2,22,25,29)/t14-,16-,17+/m1/s1. The number of aromatic nitrogens is 3. The van der Waals surface area contributed by atoms with Gasteiger partial charge in [-0.3, -0.25) is 4.57 Å². The monoisotopic (exact) mass is 433 g/mol. The average molecular weight is 434 g/mol. The number of aliphatic hydroxyl groups excluding tert-OH is 2. The van der Waals surface area contributed by atoms with Crippen LogP contribution in [0, 0.1) is 5.82 Å². The molecule has 4 rings (SSSR count). The van der Waals surface area contributed by atoms with Gasteiger partial charge in [0.25, 0.3) is 0 Å². The zero-order valence-electron chi connectivity index (χ0n) is 15.4. The van der Waals surface area contributed by atoms with Crippen molar-refractivity contribution in [3.63, 3.8) is 0 Å². The third-order valence-electron chi connectivity index (χ3n) is 4.85. The summed E-state index contributed by atoms with van der Waals surface area (Å²) in [5.74, 6) is -0.351. The Morgan fingerprint density at radius 2 is 2.00 bits per heavy atom. The fourth-order valence-corrected chi connectivity index (χ4v) is 3.45. The molecule has 30 heavy (non-hydrogen) atoms. The summed E-state index contributed by atoms with van der Waals surface area (Å²) in [5, 5.41) is 21.0. The number of rotatable bonds is 4. The molecule has 0 fully saturated rings. The molecule has 0 amide bonds. The fraction of sp³-hybridized carbons (Fsp3) is 0.211. The first kappa shape index (κ1) is 20.1. The number of benzene rings is 1. The summed E-state index contributed by atoms with van der Waals surface area (Å²) in [5.41, 5.74) is 11.1. The first-order valence-corrected chi connectivity index (χ1v) is 9.22. The lowest BCUT2D eigenvalue weighted by Crippen LogP contribution is -2.35. The summed E-state index contributed by atoms with van der Waals surface area (Å²) in [6.07, 6.45) is 0.314. The van der Waals surface area contributed by atoms with E-state index >= 15 is 0 Å². The average Bonchev–Trinajstić information content (AvgIpc) is 2.96. The minimum absolute atomic E-state index is 0.0469. The van der Waals surface area contributed by atoms with Gasteiger partial charge in [-0.1, -0.05) is 17.7 Å². The number of hydrogen-bond donors (Lipinski definition) is 4. The maximum absolute atomic E-state index is 14.4. The van der Waals surface area contributed by atoms with Crippen LogP contribution in [0.3, 0.4) is 0 Å². The van der Waals surface area contributed by atoms with Gasteiger partial charge in [-0.15, -0.1) is 0 Å². The number of ether oxygens (including phenoxy) is 1. The number of pyridine rings is 1. The zero-order valence-corrected chi connectivity index (χ0v) is 16.1. The summed E-state index contributed by atoms with van der Waals surface area (Å²) in [6.45, 7) is -0.153. The van der Waals surface area contributed by atoms with Gasteiger partial charge in [-0.05, 0) is 17.7 Å². The molecule has 0 radical (unpaired) electrons. The van der Waals surface area contributed by atoms with Crippen molar-refractivity contribution in [3.05, 3.63) is 63.4 Å². The van der Waals surface area contributed by atoms with Crippen molar-refractivity contribution in [1.82, 2.24) is 14.5 Å². The Balaban J connectivity index is 1.58. The van der Waals surface area contributed by atoms with Gasteiger partial charge in [-0.25, -0.2) is 14.2 Å². The minimum Gasteiger partial charge on any atom is -0.489 e. The molecule has 0 spiro atoms. The predicted molar refractivity (Wildman–Crippen MR) is 109 cm³/mol. The Bertz CT molecular complexity index is 1230. The molecular weight excluding hydrogens is 417 g/mol. The zero-order chi connectivity index (χ0) is 21.6. The van der Waals surface area contributed by atoms with Crippen LogP contribution in [0.2, 0.25) is 5.02 Å². The van der Waals surface area contributed by atoms with Crippen LogP contribution >= 0.6 is 11.6 Å². The molecule has 1 aromatic carbocycles. The maximum Gasteiger partial charge on any atom is 0.350 e. The van der Waals surface area contributed by atoms with Gasteiger partial charge in [-0.2, -0.15) is 4.98 Å². The first-order chi connectivity index (χ1) is 14.2. The number of nitrogen functional groups attached to an aromatic ring is 2. The molecule has 2 heterocycles. The quantitative estimate of drug-likeness (QED) is 0.445. The highest BCUT2D eigenvalue weighted by molar-refractivity contribution is 6.33. The molecular formula is C19H17ClFN5O4. The molecule has 156 valence electrons. The number of hydrogen-bond acceptors (Lipinski definition) is 8. The highest BCUT2D eigenvalue weighted by atomic mass is 35.5. The number of halogens is 2. The third-order valence-corrected chi connectivity index (χ3v) is 5.16. The molecule has 3 atom stereocenters. The van der Waals surface area contributed by atoms with E-state index in [1.807, 2.05) is 0 Å². The molecule has 0 saturated heterocycles. The highest BCUT2D eigenvalue weighted by Crippen LogP contribution is 2.31. The lowest BCUT2D eigenvalue weighted by atomic mass is 10.1. The predicted octanol–water partition coefficient (Wildman–Crippen LogP) is 1.03. The normalized spacial score (nSPS) is 21.1. The van der Waals surface area contributed by atoms with Gasteiger partial charge in [0.05, 0.1) is 16.6 Å². The largest absolute Gasteiger partial charge is 0.489 e. The van der Waals surface area contributed by atoms with Crippen molar-refractivity contribution in [2.75, 3.05) is 18.1 Å². The second-order valence-electron chi connectivity index (χ2n) is 6.83. The van der Waals surface area contributed by atoms with Gasteiger partial charge < -0.3 is 26.4 Å². The summed E-state index contributed by atoms with van der Waals surface area (Å²) in [7, 11) is 0. The van der Waals surface area contributed by atoms with Crippen LogP contribution < -0.4 is 21.9 Å². The van der Waals surface area contributed by atoms with Crippen LogP contribution in [-0.2, 0) is 0 Å². The van der Waals surface area contributed by atoms with E-state index in [-0.39, 0.29) is 39.9 Å². The summed E-state index contributed by atoms with van der Waals surface area (Å²) >= 11 is 5.88. The summed E-state index contributed by atoms with van der Waals surface area (Å²) < 4.78 is 21.1. The van der Waals surface area contributed by atoms with Crippen LogP contribution in [0.1, 0.15) is 6.04 Å². The Morgan fingerprint density at radius 1 is 1.23 bits per heavy atom.